The maximum Gasteiger partial charge on any atom is 0.304 e. The van der Waals surface area contributed by atoms with E-state index in [9.17, 15) is 26.7 Å². The minimum atomic E-state index is -4.71. The van der Waals surface area contributed by atoms with Gasteiger partial charge in [-0.25, -0.2) is 0 Å². The van der Waals surface area contributed by atoms with Gasteiger partial charge in [-0.15, -0.1) is 3.89 Å². The van der Waals surface area contributed by atoms with Gasteiger partial charge in [-0.05, 0) is 24.3 Å². The quantitative estimate of drug-likeness (QED) is 0.434. The first-order chi connectivity index (χ1) is 15.3. The van der Waals surface area contributed by atoms with Crippen LogP contribution < -0.4 is 10.6 Å². The minimum Gasteiger partial charge on any atom is -0.383 e. The molecule has 32 heavy (non-hydrogen) atoms. The van der Waals surface area contributed by atoms with E-state index in [0.29, 0.717) is 5.56 Å². The van der Waals surface area contributed by atoms with E-state index < -0.39 is 33.4 Å². The summed E-state index contributed by atoms with van der Waals surface area (Å²) in [6, 6.07) is 17.6. The summed E-state index contributed by atoms with van der Waals surface area (Å²) >= 11 is 0. The Bertz CT molecular complexity index is 1350. The van der Waals surface area contributed by atoms with Crippen molar-refractivity contribution in [3.05, 3.63) is 94.5 Å². The molecule has 0 unspecified atom stereocenters. The van der Waals surface area contributed by atoms with Gasteiger partial charge >= 0.3 is 10.2 Å². The molecule has 3 aromatic carbocycles. The zero-order valence-corrected chi connectivity index (χ0v) is 17.4. The van der Waals surface area contributed by atoms with E-state index in [1.807, 2.05) is 0 Å². The van der Waals surface area contributed by atoms with Crippen LogP contribution in [0.15, 0.2) is 66.7 Å². The lowest BCUT2D eigenvalue weighted by Crippen LogP contribution is -2.26. The van der Waals surface area contributed by atoms with Crippen molar-refractivity contribution in [1.29, 1.82) is 0 Å². The van der Waals surface area contributed by atoms with Gasteiger partial charge in [0.25, 0.3) is 5.91 Å². The molecular formula is C23H17FN2O5S. The molecule has 4 rings (SSSR count). The average molecular weight is 452 g/mol. The summed E-state index contributed by atoms with van der Waals surface area (Å²) in [5.74, 6) is -2.18. The number of ketones is 2. The van der Waals surface area contributed by atoms with Crippen molar-refractivity contribution in [3.63, 3.8) is 0 Å². The smallest absolute Gasteiger partial charge is 0.304 e. The van der Waals surface area contributed by atoms with Crippen molar-refractivity contribution in [2.75, 3.05) is 22.9 Å². The van der Waals surface area contributed by atoms with Crippen molar-refractivity contribution in [3.8, 4) is 0 Å². The Morgan fingerprint density at radius 3 is 1.91 bits per heavy atom. The number of fused-ring (bicyclic) bond motifs is 2. The van der Waals surface area contributed by atoms with Crippen molar-refractivity contribution < 1.29 is 26.7 Å². The SMILES string of the molecule is O=C(Nc1ccc(NCCS(=O)(=O)F)c2c1C(=O)c1ccccc1C2=O)c1ccccc1. The van der Waals surface area contributed by atoms with Crippen molar-refractivity contribution in [1.82, 2.24) is 0 Å². The van der Waals surface area contributed by atoms with Gasteiger partial charge in [0.1, 0.15) is 0 Å². The summed E-state index contributed by atoms with van der Waals surface area (Å²) in [6.07, 6.45) is 0. The van der Waals surface area contributed by atoms with Gasteiger partial charge in [0.05, 0.1) is 22.6 Å². The predicted octanol–water partition coefficient (Wildman–Crippen LogP) is 3.43. The Kier molecular flexibility index (Phi) is 5.58. The number of nitrogens with one attached hydrogen (secondary N) is 2. The average Bonchev–Trinajstić information content (AvgIpc) is 2.78. The van der Waals surface area contributed by atoms with E-state index >= 15 is 0 Å². The number of hydrogen-bond donors (Lipinski definition) is 2. The highest BCUT2D eigenvalue weighted by molar-refractivity contribution is 7.86. The molecule has 9 heteroatoms. The molecule has 7 nitrogen and oxygen atoms in total. The lowest BCUT2D eigenvalue weighted by molar-refractivity contribution is 0.0979. The summed E-state index contributed by atoms with van der Waals surface area (Å²) in [7, 11) is -4.71. The molecule has 2 N–H and O–H groups in total. The van der Waals surface area contributed by atoms with Gasteiger partial charge in [-0.1, -0.05) is 42.5 Å². The third kappa shape index (κ3) is 4.15. The second-order valence-corrected chi connectivity index (χ2v) is 8.59. The molecule has 0 atom stereocenters. The van der Waals surface area contributed by atoms with E-state index in [4.69, 9.17) is 0 Å². The fraction of sp³-hybridized carbons (Fsp3) is 0.0870. The Balaban J connectivity index is 1.79. The van der Waals surface area contributed by atoms with E-state index in [0.717, 1.165) is 0 Å². The monoisotopic (exact) mass is 452 g/mol. The van der Waals surface area contributed by atoms with E-state index in [1.54, 1.807) is 42.5 Å². The third-order valence-electron chi connectivity index (χ3n) is 5.02. The highest BCUT2D eigenvalue weighted by Crippen LogP contribution is 2.36. The molecule has 0 aliphatic heterocycles. The molecule has 0 bridgehead atoms. The van der Waals surface area contributed by atoms with Crippen LogP contribution >= 0.6 is 0 Å². The number of rotatable bonds is 6. The van der Waals surface area contributed by atoms with Gasteiger partial charge in [-0.3, -0.25) is 14.4 Å². The molecule has 162 valence electrons. The topological polar surface area (TPSA) is 109 Å². The van der Waals surface area contributed by atoms with Crippen molar-refractivity contribution >= 4 is 39.1 Å². The highest BCUT2D eigenvalue weighted by atomic mass is 32.3. The molecule has 1 aliphatic rings. The second kappa shape index (κ2) is 8.35. The molecule has 1 aliphatic carbocycles. The Morgan fingerprint density at radius 1 is 0.781 bits per heavy atom. The molecule has 0 saturated heterocycles. The summed E-state index contributed by atoms with van der Waals surface area (Å²) in [6.45, 7) is -0.301. The summed E-state index contributed by atoms with van der Waals surface area (Å²) < 4.78 is 34.5. The first kappa shape index (κ1) is 21.4. The Hall–Kier alpha value is -3.85. The number of carbonyl (C=O) groups excluding carboxylic acids is 3. The number of carbonyl (C=O) groups is 3. The van der Waals surface area contributed by atoms with Crippen LogP contribution in [0.2, 0.25) is 0 Å². The maximum atomic E-state index is 13.3. The number of amides is 1. The number of benzene rings is 3. The van der Waals surface area contributed by atoms with Gasteiger partial charge in [0.2, 0.25) is 0 Å². The standard InChI is InChI=1S/C23H17FN2O5S/c24-32(30,31)13-12-25-17-10-11-18(26-23(29)14-6-2-1-3-7-14)20-19(17)21(27)15-8-4-5-9-16(15)22(20)28/h1-11,25H,12-13H2,(H,26,29). The van der Waals surface area contributed by atoms with Crippen molar-refractivity contribution in [2.45, 2.75) is 0 Å². The van der Waals surface area contributed by atoms with Crippen LogP contribution in [0.25, 0.3) is 0 Å². The summed E-state index contributed by atoms with van der Waals surface area (Å²) in [4.78, 5) is 39.2. The molecule has 0 spiro atoms. The van der Waals surface area contributed by atoms with Crippen LogP contribution in [-0.4, -0.2) is 38.2 Å². The lowest BCUT2D eigenvalue weighted by atomic mass is 9.82. The fourth-order valence-corrected chi connectivity index (χ4v) is 3.91. The van der Waals surface area contributed by atoms with E-state index in [1.165, 1.54) is 24.3 Å². The van der Waals surface area contributed by atoms with Gasteiger partial charge < -0.3 is 10.6 Å². The van der Waals surface area contributed by atoms with Crippen molar-refractivity contribution in [2.24, 2.45) is 0 Å². The van der Waals surface area contributed by atoms with Gasteiger partial charge in [0.15, 0.2) is 11.6 Å². The van der Waals surface area contributed by atoms with Gasteiger partial charge in [0, 0.05) is 28.9 Å². The van der Waals surface area contributed by atoms with Crippen LogP contribution in [0.5, 0.6) is 0 Å². The van der Waals surface area contributed by atoms with Crippen LogP contribution in [0, 0.1) is 0 Å². The number of hydrogen-bond acceptors (Lipinski definition) is 6. The first-order valence-corrected chi connectivity index (χ1v) is 11.2. The summed E-state index contributed by atoms with van der Waals surface area (Å²) in [5.41, 5.74) is 1.06. The molecule has 0 saturated carbocycles. The van der Waals surface area contributed by atoms with Crippen LogP contribution in [0.3, 0.4) is 0 Å². The largest absolute Gasteiger partial charge is 0.383 e. The van der Waals surface area contributed by atoms with Crippen LogP contribution in [0.1, 0.15) is 42.2 Å². The molecule has 3 aromatic rings. The minimum absolute atomic E-state index is 0.00387. The first-order valence-electron chi connectivity index (χ1n) is 9.64. The number of anilines is 2. The van der Waals surface area contributed by atoms with Gasteiger partial charge in [-0.2, -0.15) is 8.42 Å². The molecule has 0 radical (unpaired) electrons. The summed E-state index contributed by atoms with van der Waals surface area (Å²) in [5, 5.41) is 5.40. The lowest BCUT2D eigenvalue weighted by Gasteiger charge is -2.23. The maximum absolute atomic E-state index is 13.3. The van der Waals surface area contributed by atoms with Crippen LogP contribution in [0.4, 0.5) is 15.3 Å². The molecule has 0 aromatic heterocycles. The van der Waals surface area contributed by atoms with Crippen LogP contribution in [-0.2, 0) is 10.2 Å². The Morgan fingerprint density at radius 2 is 1.31 bits per heavy atom. The zero-order valence-electron chi connectivity index (χ0n) is 16.6. The second-order valence-electron chi connectivity index (χ2n) is 7.10. The third-order valence-corrected chi connectivity index (χ3v) is 5.71. The highest BCUT2D eigenvalue weighted by Gasteiger charge is 2.34. The molecule has 0 heterocycles. The molecule has 1 amide bonds. The normalized spacial score (nSPS) is 12.7. The van der Waals surface area contributed by atoms with E-state index in [2.05, 4.69) is 10.6 Å². The predicted molar refractivity (Wildman–Crippen MR) is 118 cm³/mol. The fourth-order valence-electron chi connectivity index (χ4n) is 3.57. The number of halogens is 1. The Labute approximate surface area is 183 Å². The zero-order chi connectivity index (χ0) is 22.9. The molecular weight excluding hydrogens is 435 g/mol. The van der Waals surface area contributed by atoms with E-state index in [-0.39, 0.29) is 40.2 Å². The molecule has 0 fully saturated rings.